The Hall–Kier alpha value is -1.75. The molecule has 0 aromatic heterocycles. The normalized spacial score (nSPS) is 18.9. The summed E-state index contributed by atoms with van der Waals surface area (Å²) in [5.74, 6) is -0.811. The lowest BCUT2D eigenvalue weighted by atomic mass is 10.1. The third-order valence-electron chi connectivity index (χ3n) is 2.50. The van der Waals surface area contributed by atoms with Crippen molar-refractivity contribution in [3.63, 3.8) is 0 Å². The van der Waals surface area contributed by atoms with Gasteiger partial charge in [0.15, 0.2) is 0 Å². The molecule has 0 saturated carbocycles. The summed E-state index contributed by atoms with van der Waals surface area (Å²) in [7, 11) is 0. The molecule has 1 aliphatic heterocycles. The monoisotopic (exact) mass is 254 g/mol. The van der Waals surface area contributed by atoms with E-state index >= 15 is 0 Å². The largest absolute Gasteiger partial charge is 0.464 e. The van der Waals surface area contributed by atoms with Crippen LogP contribution in [0, 0.1) is 0 Å². The highest BCUT2D eigenvalue weighted by Crippen LogP contribution is 2.18. The van der Waals surface area contributed by atoms with Gasteiger partial charge in [-0.1, -0.05) is 11.6 Å². The first-order chi connectivity index (χ1) is 8.08. The number of carbonyl (C=O) groups is 2. The van der Waals surface area contributed by atoms with E-state index in [1.54, 1.807) is 6.07 Å². The maximum absolute atomic E-state index is 11.8. The van der Waals surface area contributed by atoms with Gasteiger partial charge in [0.05, 0.1) is 12.2 Å². The van der Waals surface area contributed by atoms with Crippen molar-refractivity contribution in [3.05, 3.63) is 28.8 Å². The first-order valence-corrected chi connectivity index (χ1v) is 5.48. The van der Waals surface area contributed by atoms with Gasteiger partial charge in [0.25, 0.3) is 5.91 Å². The zero-order chi connectivity index (χ0) is 12.4. The van der Waals surface area contributed by atoms with Crippen molar-refractivity contribution in [3.8, 4) is 0 Å². The molecule has 1 unspecified atom stereocenters. The highest BCUT2D eigenvalue weighted by Gasteiger charge is 2.28. The molecule has 1 heterocycles. The van der Waals surface area contributed by atoms with Crippen molar-refractivity contribution in [2.45, 2.75) is 12.5 Å². The Morgan fingerprint density at radius 3 is 2.88 bits per heavy atom. The summed E-state index contributed by atoms with van der Waals surface area (Å²) in [6, 6.07) is 3.99. The molecule has 1 aromatic rings. The Bertz CT molecular complexity index is 476. The van der Waals surface area contributed by atoms with E-state index in [4.69, 9.17) is 22.1 Å². The molecule has 1 saturated heterocycles. The van der Waals surface area contributed by atoms with Crippen molar-refractivity contribution >= 4 is 29.2 Å². The minimum atomic E-state index is -0.586. The van der Waals surface area contributed by atoms with Crippen LogP contribution in [0.3, 0.4) is 0 Å². The van der Waals surface area contributed by atoms with Gasteiger partial charge in [-0.15, -0.1) is 0 Å². The third kappa shape index (κ3) is 2.50. The van der Waals surface area contributed by atoms with E-state index in [0.29, 0.717) is 23.6 Å². The molecular weight excluding hydrogens is 244 g/mol. The van der Waals surface area contributed by atoms with E-state index < -0.39 is 17.9 Å². The average Bonchev–Trinajstić information content (AvgIpc) is 2.64. The van der Waals surface area contributed by atoms with E-state index in [-0.39, 0.29) is 5.69 Å². The van der Waals surface area contributed by atoms with E-state index in [1.165, 1.54) is 12.1 Å². The molecule has 1 aromatic carbocycles. The number of nitrogen functional groups attached to an aromatic ring is 1. The van der Waals surface area contributed by atoms with Gasteiger partial charge in [-0.25, -0.2) is 4.79 Å². The second-order valence-electron chi connectivity index (χ2n) is 3.71. The van der Waals surface area contributed by atoms with Crippen LogP contribution in [0.4, 0.5) is 5.69 Å². The molecule has 1 fully saturated rings. The minimum Gasteiger partial charge on any atom is -0.464 e. The molecule has 0 bridgehead atoms. The van der Waals surface area contributed by atoms with E-state index in [9.17, 15) is 9.59 Å². The number of cyclic esters (lactones) is 1. The molecule has 0 aliphatic carbocycles. The van der Waals surface area contributed by atoms with Crippen LogP contribution in [0.2, 0.25) is 5.02 Å². The van der Waals surface area contributed by atoms with Gasteiger partial charge in [0.1, 0.15) is 6.04 Å². The number of esters is 1. The van der Waals surface area contributed by atoms with Gasteiger partial charge in [-0.2, -0.15) is 0 Å². The second-order valence-corrected chi connectivity index (χ2v) is 4.15. The van der Waals surface area contributed by atoms with Crippen molar-refractivity contribution < 1.29 is 14.3 Å². The van der Waals surface area contributed by atoms with Crippen molar-refractivity contribution in [1.82, 2.24) is 5.32 Å². The fraction of sp³-hybridized carbons (Fsp3) is 0.273. The van der Waals surface area contributed by atoms with Crippen LogP contribution in [-0.4, -0.2) is 24.5 Å². The number of hydrogen-bond donors (Lipinski definition) is 2. The number of amides is 1. The Morgan fingerprint density at radius 1 is 1.53 bits per heavy atom. The number of halogens is 1. The highest BCUT2D eigenvalue weighted by molar-refractivity contribution is 6.31. The van der Waals surface area contributed by atoms with Crippen LogP contribution in [0.1, 0.15) is 16.8 Å². The maximum Gasteiger partial charge on any atom is 0.328 e. The molecule has 1 atom stereocenters. The molecule has 17 heavy (non-hydrogen) atoms. The minimum absolute atomic E-state index is 0.279. The highest BCUT2D eigenvalue weighted by atomic mass is 35.5. The lowest BCUT2D eigenvalue weighted by molar-refractivity contribution is -0.139. The van der Waals surface area contributed by atoms with Gasteiger partial charge in [-0.3, -0.25) is 4.79 Å². The van der Waals surface area contributed by atoms with Crippen LogP contribution in [-0.2, 0) is 9.53 Å². The summed E-state index contributed by atoms with van der Waals surface area (Å²) in [6.45, 7) is 0.333. The number of anilines is 1. The second kappa shape index (κ2) is 4.63. The summed E-state index contributed by atoms with van der Waals surface area (Å²) < 4.78 is 4.75. The first-order valence-electron chi connectivity index (χ1n) is 5.10. The molecule has 1 amide bonds. The average molecular weight is 255 g/mol. The topological polar surface area (TPSA) is 81.4 Å². The molecular formula is C11H11ClN2O3. The number of rotatable bonds is 2. The predicted octanol–water partition coefficient (Wildman–Crippen LogP) is 0.968. The summed E-state index contributed by atoms with van der Waals surface area (Å²) >= 11 is 5.73. The smallest absolute Gasteiger partial charge is 0.328 e. The van der Waals surface area contributed by atoms with Crippen LogP contribution < -0.4 is 11.1 Å². The lowest BCUT2D eigenvalue weighted by Crippen LogP contribution is -2.38. The first kappa shape index (κ1) is 11.7. The van der Waals surface area contributed by atoms with Crippen LogP contribution in [0.15, 0.2) is 18.2 Å². The molecule has 5 nitrogen and oxygen atoms in total. The number of nitrogens with two attached hydrogens (primary N) is 1. The third-order valence-corrected chi connectivity index (χ3v) is 2.73. The lowest BCUT2D eigenvalue weighted by Gasteiger charge is -2.10. The van der Waals surface area contributed by atoms with Crippen LogP contribution in [0.5, 0.6) is 0 Å². The number of benzene rings is 1. The quantitative estimate of drug-likeness (QED) is 0.609. The van der Waals surface area contributed by atoms with E-state index in [2.05, 4.69) is 5.32 Å². The Morgan fingerprint density at radius 2 is 2.29 bits per heavy atom. The zero-order valence-electron chi connectivity index (χ0n) is 8.90. The molecule has 6 heteroatoms. The molecule has 2 rings (SSSR count). The number of hydrogen-bond acceptors (Lipinski definition) is 4. The summed E-state index contributed by atoms with van der Waals surface area (Å²) in [6.07, 6.45) is 0.484. The van der Waals surface area contributed by atoms with Gasteiger partial charge in [-0.05, 0) is 18.2 Å². The van der Waals surface area contributed by atoms with E-state index in [0.717, 1.165) is 0 Å². The predicted molar refractivity (Wildman–Crippen MR) is 62.7 cm³/mol. The Kier molecular flexibility index (Phi) is 3.19. The Balaban J connectivity index is 2.11. The fourth-order valence-corrected chi connectivity index (χ4v) is 1.78. The van der Waals surface area contributed by atoms with Gasteiger partial charge in [0.2, 0.25) is 0 Å². The number of ether oxygens (including phenoxy) is 1. The van der Waals surface area contributed by atoms with Gasteiger partial charge >= 0.3 is 5.97 Å². The van der Waals surface area contributed by atoms with Gasteiger partial charge < -0.3 is 15.8 Å². The van der Waals surface area contributed by atoms with E-state index in [1.807, 2.05) is 0 Å². The maximum atomic E-state index is 11.8. The molecule has 1 aliphatic rings. The molecule has 0 spiro atoms. The SMILES string of the molecule is Nc1cc(Cl)ccc1C(=O)NC1CCOC1=O. The fourth-order valence-electron chi connectivity index (χ4n) is 1.60. The summed E-state index contributed by atoms with van der Waals surface area (Å²) in [5, 5.41) is 3.03. The zero-order valence-corrected chi connectivity index (χ0v) is 9.66. The number of nitrogens with one attached hydrogen (secondary N) is 1. The van der Waals surface area contributed by atoms with Crippen LogP contribution >= 0.6 is 11.6 Å². The Labute approximate surface area is 103 Å². The van der Waals surface area contributed by atoms with Crippen molar-refractivity contribution in [1.29, 1.82) is 0 Å². The van der Waals surface area contributed by atoms with Crippen LogP contribution in [0.25, 0.3) is 0 Å². The standard InChI is InChI=1S/C11H11ClN2O3/c12-6-1-2-7(8(13)5-6)10(15)14-9-3-4-17-11(9)16/h1-2,5,9H,3-4,13H2,(H,14,15). The number of carbonyl (C=O) groups excluding carboxylic acids is 2. The summed E-state index contributed by atoms with van der Waals surface area (Å²) in [4.78, 5) is 23.0. The molecule has 3 N–H and O–H groups in total. The van der Waals surface area contributed by atoms with Gasteiger partial charge in [0, 0.05) is 17.1 Å². The summed E-state index contributed by atoms with van der Waals surface area (Å²) in [5.41, 5.74) is 6.25. The van der Waals surface area contributed by atoms with Crippen molar-refractivity contribution in [2.24, 2.45) is 0 Å². The molecule has 0 radical (unpaired) electrons. The molecule has 90 valence electrons. The van der Waals surface area contributed by atoms with Crippen molar-refractivity contribution in [2.75, 3.05) is 12.3 Å².